The van der Waals surface area contributed by atoms with Crippen molar-refractivity contribution in [1.29, 1.82) is 0 Å². The molecule has 6 heteroatoms. The quantitative estimate of drug-likeness (QED) is 0.749. The molecule has 0 N–H and O–H groups in total. The highest BCUT2D eigenvalue weighted by molar-refractivity contribution is 6.31. The van der Waals surface area contributed by atoms with Crippen LogP contribution in [0.1, 0.15) is 23.6 Å². The smallest absolute Gasteiger partial charge is 0.253 e. The molecule has 2 aromatic carbocycles. The number of nitrogens with zero attached hydrogens (tertiary/aromatic N) is 3. The van der Waals surface area contributed by atoms with Gasteiger partial charge in [-0.3, -0.25) is 9.59 Å². The van der Waals surface area contributed by atoms with Gasteiger partial charge >= 0.3 is 0 Å². The van der Waals surface area contributed by atoms with Crippen LogP contribution in [0, 0.1) is 12.8 Å². The molecule has 27 heavy (non-hydrogen) atoms. The molecule has 0 radical (unpaired) electrons. The molecule has 5 nitrogen and oxygen atoms in total. The Morgan fingerprint density at radius 1 is 0.852 bits per heavy atom. The number of amides is 2. The number of carbonyl (C=O) groups excluding carboxylic acids is 2. The van der Waals surface area contributed by atoms with E-state index in [1.165, 1.54) is 10.5 Å². The highest BCUT2D eigenvalue weighted by Gasteiger charge is 2.62. The molecule has 0 aromatic heterocycles. The average Bonchev–Trinajstić information content (AvgIpc) is 3.30. The normalized spacial score (nSPS) is 28.1. The summed E-state index contributed by atoms with van der Waals surface area (Å²) >= 11 is 5.97. The summed E-state index contributed by atoms with van der Waals surface area (Å²) < 4.78 is 0. The minimum atomic E-state index is -0.415. The first-order valence-corrected chi connectivity index (χ1v) is 9.67. The van der Waals surface area contributed by atoms with E-state index in [0.717, 1.165) is 25.1 Å². The van der Waals surface area contributed by atoms with E-state index in [1.54, 1.807) is 24.3 Å². The van der Waals surface area contributed by atoms with Crippen LogP contribution in [0.3, 0.4) is 0 Å². The van der Waals surface area contributed by atoms with Crippen LogP contribution < -0.4 is 4.90 Å². The highest BCUT2D eigenvalue weighted by Crippen LogP contribution is 2.48. The first kappa shape index (κ1) is 16.9. The van der Waals surface area contributed by atoms with Gasteiger partial charge in [-0.05, 0) is 43.2 Å². The number of rotatable bonds is 2. The third-order valence-electron chi connectivity index (χ3n) is 5.91. The number of hydrazine groups is 1. The SMILES string of the molecule is Cc1ccc([C@@H]2[C@H]3C(=O)N(c4ccc(Cl)cc4)C(=O)[C@H]3N3CCCN23)cc1. The molecule has 5 rings (SSSR count). The van der Waals surface area contributed by atoms with Crippen molar-refractivity contribution in [2.24, 2.45) is 5.92 Å². The monoisotopic (exact) mass is 381 g/mol. The molecule has 3 heterocycles. The van der Waals surface area contributed by atoms with Crippen molar-refractivity contribution >= 4 is 29.1 Å². The Bertz CT molecular complexity index is 912. The zero-order chi connectivity index (χ0) is 18.7. The van der Waals surface area contributed by atoms with E-state index in [9.17, 15) is 9.59 Å². The molecule has 2 aromatic rings. The molecule has 0 spiro atoms. The largest absolute Gasteiger partial charge is 0.274 e. The van der Waals surface area contributed by atoms with Crippen LogP contribution >= 0.6 is 11.6 Å². The fourth-order valence-electron chi connectivity index (χ4n) is 4.72. The first-order chi connectivity index (χ1) is 13.1. The third kappa shape index (κ3) is 2.46. The summed E-state index contributed by atoms with van der Waals surface area (Å²) in [5.74, 6) is -0.627. The predicted octanol–water partition coefficient (Wildman–Crippen LogP) is 3.18. The summed E-state index contributed by atoms with van der Waals surface area (Å²) in [5.41, 5.74) is 2.87. The minimum Gasteiger partial charge on any atom is -0.274 e. The van der Waals surface area contributed by atoms with Gasteiger partial charge in [0.25, 0.3) is 5.91 Å². The predicted molar refractivity (Wildman–Crippen MR) is 103 cm³/mol. The maximum absolute atomic E-state index is 13.4. The molecule has 3 atom stereocenters. The Balaban J connectivity index is 1.57. The van der Waals surface area contributed by atoms with Crippen molar-refractivity contribution in [1.82, 2.24) is 10.0 Å². The van der Waals surface area contributed by atoms with Crippen molar-refractivity contribution in [2.45, 2.75) is 25.4 Å². The minimum absolute atomic E-state index is 0.0909. The molecule has 2 amide bonds. The fraction of sp³-hybridized carbons (Fsp3) is 0.333. The summed E-state index contributed by atoms with van der Waals surface area (Å²) in [5, 5.41) is 4.93. The molecule has 3 fully saturated rings. The third-order valence-corrected chi connectivity index (χ3v) is 6.16. The molecule has 0 bridgehead atoms. The fourth-order valence-corrected chi connectivity index (χ4v) is 4.85. The zero-order valence-corrected chi connectivity index (χ0v) is 15.8. The number of fused-ring (bicyclic) bond motifs is 3. The van der Waals surface area contributed by atoms with Gasteiger partial charge in [0.2, 0.25) is 5.91 Å². The van der Waals surface area contributed by atoms with Crippen LogP contribution in [0.25, 0.3) is 0 Å². The van der Waals surface area contributed by atoms with E-state index in [0.29, 0.717) is 10.7 Å². The van der Waals surface area contributed by atoms with E-state index in [4.69, 9.17) is 11.6 Å². The Morgan fingerprint density at radius 3 is 2.15 bits per heavy atom. The van der Waals surface area contributed by atoms with Gasteiger partial charge in [0.15, 0.2) is 0 Å². The van der Waals surface area contributed by atoms with Crippen molar-refractivity contribution in [3.8, 4) is 0 Å². The second kappa shape index (κ2) is 6.16. The molecule has 0 saturated carbocycles. The van der Waals surface area contributed by atoms with Crippen molar-refractivity contribution in [3.05, 3.63) is 64.7 Å². The van der Waals surface area contributed by atoms with Crippen LogP contribution in [0.4, 0.5) is 5.69 Å². The van der Waals surface area contributed by atoms with Crippen molar-refractivity contribution in [2.75, 3.05) is 18.0 Å². The van der Waals surface area contributed by atoms with Crippen molar-refractivity contribution in [3.63, 3.8) is 0 Å². The lowest BCUT2D eigenvalue weighted by Crippen LogP contribution is -2.44. The van der Waals surface area contributed by atoms with Crippen LogP contribution in [0.5, 0.6) is 0 Å². The van der Waals surface area contributed by atoms with Gasteiger partial charge in [-0.25, -0.2) is 14.9 Å². The maximum atomic E-state index is 13.4. The van der Waals surface area contributed by atoms with Gasteiger partial charge in [0.05, 0.1) is 17.6 Å². The second-order valence-corrected chi connectivity index (χ2v) is 7.93. The maximum Gasteiger partial charge on any atom is 0.253 e. The Hall–Kier alpha value is -2.21. The second-order valence-electron chi connectivity index (χ2n) is 7.49. The number of aryl methyl sites for hydroxylation is 1. The number of halogens is 1. The van der Waals surface area contributed by atoms with Gasteiger partial charge < -0.3 is 0 Å². The molecule has 3 aliphatic heterocycles. The summed E-state index contributed by atoms with van der Waals surface area (Å²) in [4.78, 5) is 28.0. The average molecular weight is 382 g/mol. The summed E-state index contributed by atoms with van der Waals surface area (Å²) in [6.45, 7) is 3.75. The number of imide groups is 1. The topological polar surface area (TPSA) is 43.9 Å². The lowest BCUT2D eigenvalue weighted by molar-refractivity contribution is -0.126. The molecule has 3 aliphatic rings. The number of hydrogen-bond donors (Lipinski definition) is 0. The Kier molecular flexibility index (Phi) is 3.86. The molecular formula is C21H20ClN3O2. The van der Waals surface area contributed by atoms with Crippen LogP contribution in [0.15, 0.2) is 48.5 Å². The molecule has 138 valence electrons. The Labute approximate surface area is 163 Å². The van der Waals surface area contributed by atoms with Gasteiger partial charge in [-0.2, -0.15) is 0 Å². The van der Waals surface area contributed by atoms with Gasteiger partial charge in [-0.15, -0.1) is 0 Å². The summed E-state index contributed by atoms with van der Waals surface area (Å²) in [7, 11) is 0. The van der Waals surface area contributed by atoms with E-state index >= 15 is 0 Å². The first-order valence-electron chi connectivity index (χ1n) is 9.29. The molecular weight excluding hydrogens is 362 g/mol. The van der Waals surface area contributed by atoms with Crippen molar-refractivity contribution < 1.29 is 9.59 Å². The molecule has 0 aliphatic carbocycles. The Morgan fingerprint density at radius 2 is 1.48 bits per heavy atom. The number of carbonyl (C=O) groups is 2. The zero-order valence-electron chi connectivity index (χ0n) is 15.0. The van der Waals surface area contributed by atoms with Gasteiger partial charge in [0.1, 0.15) is 6.04 Å². The van der Waals surface area contributed by atoms with Gasteiger partial charge in [-0.1, -0.05) is 41.4 Å². The number of benzene rings is 2. The van der Waals surface area contributed by atoms with Crippen LogP contribution in [0.2, 0.25) is 5.02 Å². The summed E-state index contributed by atoms with van der Waals surface area (Å²) in [6, 6.07) is 14.7. The molecule has 0 unspecified atom stereocenters. The lowest BCUT2D eigenvalue weighted by Gasteiger charge is -2.29. The lowest BCUT2D eigenvalue weighted by atomic mass is 9.89. The van der Waals surface area contributed by atoms with Gasteiger partial charge in [0, 0.05) is 18.1 Å². The van der Waals surface area contributed by atoms with E-state index < -0.39 is 6.04 Å². The number of anilines is 1. The van der Waals surface area contributed by atoms with E-state index in [-0.39, 0.29) is 23.8 Å². The summed E-state index contributed by atoms with van der Waals surface area (Å²) in [6.07, 6.45) is 1.01. The highest BCUT2D eigenvalue weighted by atomic mass is 35.5. The van der Waals surface area contributed by atoms with E-state index in [1.807, 2.05) is 0 Å². The standard InChI is InChI=1S/C21H20ClN3O2/c1-13-3-5-14(6-4-13)18-17-19(24-12-2-11-23(18)24)21(27)25(20(17)26)16-9-7-15(22)8-10-16/h3-10,17-19H,2,11-12H2,1H3/t17-,18-,19+/m1/s1. The van der Waals surface area contributed by atoms with Crippen LogP contribution in [-0.2, 0) is 9.59 Å². The van der Waals surface area contributed by atoms with Crippen LogP contribution in [-0.4, -0.2) is 41.0 Å². The van der Waals surface area contributed by atoms with E-state index in [2.05, 4.69) is 41.2 Å². The number of hydrogen-bond acceptors (Lipinski definition) is 4. The molecule has 3 saturated heterocycles.